The molecule has 0 unspecified atom stereocenters. The number of amides is 1. The molecule has 1 amide bonds. The van der Waals surface area contributed by atoms with Crippen LogP contribution in [0.5, 0.6) is 0 Å². The SMILES string of the molecule is Cc1ccc(C(=O)N2CCC(N3CCCCC3)CC2)c(C2CCNCC2)n1. The Morgan fingerprint density at radius 3 is 2.41 bits per heavy atom. The number of nitrogens with zero attached hydrogens (tertiary/aromatic N) is 3. The van der Waals surface area contributed by atoms with Crippen LogP contribution in [0.25, 0.3) is 0 Å². The van der Waals surface area contributed by atoms with Crippen LogP contribution in [0, 0.1) is 6.92 Å². The number of pyridine rings is 1. The lowest BCUT2D eigenvalue weighted by atomic mass is 9.90. The van der Waals surface area contributed by atoms with Gasteiger partial charge < -0.3 is 15.1 Å². The number of rotatable bonds is 3. The van der Waals surface area contributed by atoms with E-state index in [9.17, 15) is 4.79 Å². The molecule has 0 spiro atoms. The van der Waals surface area contributed by atoms with Crippen LogP contribution in [-0.4, -0.2) is 66.0 Å². The minimum Gasteiger partial charge on any atom is -0.338 e. The summed E-state index contributed by atoms with van der Waals surface area (Å²) < 4.78 is 0. The second-order valence-corrected chi connectivity index (χ2v) is 8.53. The molecule has 148 valence electrons. The second-order valence-electron chi connectivity index (χ2n) is 8.53. The topological polar surface area (TPSA) is 48.5 Å². The Kier molecular flexibility index (Phi) is 6.08. The molecule has 0 bridgehead atoms. The van der Waals surface area contributed by atoms with Gasteiger partial charge in [0, 0.05) is 30.7 Å². The summed E-state index contributed by atoms with van der Waals surface area (Å²) in [6, 6.07) is 4.70. The van der Waals surface area contributed by atoms with E-state index in [1.807, 2.05) is 19.1 Å². The van der Waals surface area contributed by atoms with E-state index in [1.165, 1.54) is 32.4 Å². The van der Waals surface area contributed by atoms with Crippen LogP contribution in [0.1, 0.15) is 72.6 Å². The number of carbonyl (C=O) groups excluding carboxylic acids is 1. The molecule has 1 N–H and O–H groups in total. The van der Waals surface area contributed by atoms with E-state index in [1.54, 1.807) is 0 Å². The van der Waals surface area contributed by atoms with Crippen molar-refractivity contribution in [3.63, 3.8) is 0 Å². The van der Waals surface area contributed by atoms with Gasteiger partial charge in [-0.05, 0) is 83.8 Å². The average Bonchev–Trinajstić information content (AvgIpc) is 2.74. The fraction of sp³-hybridized carbons (Fsp3) is 0.727. The zero-order valence-electron chi connectivity index (χ0n) is 16.8. The first-order valence-corrected chi connectivity index (χ1v) is 10.9. The van der Waals surface area contributed by atoms with Gasteiger partial charge in [-0.3, -0.25) is 9.78 Å². The third-order valence-corrected chi connectivity index (χ3v) is 6.68. The molecule has 5 heteroatoms. The summed E-state index contributed by atoms with van der Waals surface area (Å²) in [4.78, 5) is 22.9. The third-order valence-electron chi connectivity index (χ3n) is 6.68. The zero-order valence-corrected chi connectivity index (χ0v) is 16.8. The summed E-state index contributed by atoms with van der Waals surface area (Å²) >= 11 is 0. The Labute approximate surface area is 163 Å². The van der Waals surface area contributed by atoms with Crippen LogP contribution in [0.15, 0.2) is 12.1 Å². The van der Waals surface area contributed by atoms with Crippen molar-refractivity contribution in [1.29, 1.82) is 0 Å². The lowest BCUT2D eigenvalue weighted by Gasteiger charge is -2.40. The number of piperidine rings is 3. The second kappa shape index (κ2) is 8.70. The van der Waals surface area contributed by atoms with Crippen molar-refractivity contribution < 1.29 is 4.79 Å². The maximum atomic E-state index is 13.3. The number of aromatic nitrogens is 1. The molecule has 3 fully saturated rings. The fourth-order valence-corrected chi connectivity index (χ4v) is 5.05. The molecule has 3 aliphatic rings. The van der Waals surface area contributed by atoms with Gasteiger partial charge in [0.15, 0.2) is 0 Å². The van der Waals surface area contributed by atoms with Crippen LogP contribution in [0.2, 0.25) is 0 Å². The Bertz CT molecular complexity index is 642. The molecule has 1 aromatic rings. The van der Waals surface area contributed by atoms with Gasteiger partial charge in [-0.25, -0.2) is 0 Å². The summed E-state index contributed by atoms with van der Waals surface area (Å²) in [5.74, 6) is 0.615. The predicted octanol–water partition coefficient (Wildman–Crippen LogP) is 2.95. The van der Waals surface area contributed by atoms with Gasteiger partial charge in [0.05, 0.1) is 11.3 Å². The number of nitrogens with one attached hydrogen (secondary N) is 1. The molecular weight excluding hydrogens is 336 g/mol. The van der Waals surface area contributed by atoms with Gasteiger partial charge in [-0.2, -0.15) is 0 Å². The molecule has 0 atom stereocenters. The first-order valence-electron chi connectivity index (χ1n) is 10.9. The predicted molar refractivity (Wildman–Crippen MR) is 108 cm³/mol. The van der Waals surface area contributed by atoms with Gasteiger partial charge in [0.2, 0.25) is 0 Å². The van der Waals surface area contributed by atoms with Crippen molar-refractivity contribution in [3.8, 4) is 0 Å². The number of aryl methyl sites for hydroxylation is 1. The molecule has 0 saturated carbocycles. The lowest BCUT2D eigenvalue weighted by Crippen LogP contribution is -2.48. The van der Waals surface area contributed by atoms with E-state index in [2.05, 4.69) is 15.1 Å². The molecular formula is C22H34N4O. The first kappa shape index (κ1) is 18.9. The number of hydrogen-bond donors (Lipinski definition) is 1. The standard InChI is InChI=1S/C22H34N4O/c1-17-5-6-20(21(24-17)18-7-11-23-12-8-18)22(27)26-15-9-19(10-16-26)25-13-3-2-4-14-25/h5-6,18-19,23H,2-4,7-16H2,1H3. The molecule has 0 aromatic carbocycles. The average molecular weight is 371 g/mol. The molecule has 5 nitrogen and oxygen atoms in total. The summed E-state index contributed by atoms with van der Waals surface area (Å²) in [6.07, 6.45) is 8.46. The van der Waals surface area contributed by atoms with E-state index in [-0.39, 0.29) is 5.91 Å². The third kappa shape index (κ3) is 4.35. The number of hydrogen-bond acceptors (Lipinski definition) is 4. The minimum atomic E-state index is 0.202. The molecule has 3 saturated heterocycles. The normalized spacial score (nSPS) is 23.5. The molecule has 0 radical (unpaired) electrons. The van der Waals surface area contributed by atoms with Crippen molar-refractivity contribution >= 4 is 5.91 Å². The van der Waals surface area contributed by atoms with Gasteiger partial charge in [0.1, 0.15) is 0 Å². The van der Waals surface area contributed by atoms with Gasteiger partial charge in [-0.1, -0.05) is 6.42 Å². The minimum absolute atomic E-state index is 0.202. The Balaban J connectivity index is 1.44. The summed E-state index contributed by atoms with van der Waals surface area (Å²) in [5.41, 5.74) is 2.91. The number of carbonyl (C=O) groups is 1. The largest absolute Gasteiger partial charge is 0.338 e. The highest BCUT2D eigenvalue weighted by Gasteiger charge is 2.30. The maximum absolute atomic E-state index is 13.3. The smallest absolute Gasteiger partial charge is 0.255 e. The highest BCUT2D eigenvalue weighted by Crippen LogP contribution is 2.29. The van der Waals surface area contributed by atoms with Crippen molar-refractivity contribution in [2.45, 2.75) is 63.8 Å². The maximum Gasteiger partial charge on any atom is 0.255 e. The van der Waals surface area contributed by atoms with Crippen molar-refractivity contribution in [1.82, 2.24) is 20.1 Å². The molecule has 4 heterocycles. The van der Waals surface area contributed by atoms with E-state index in [4.69, 9.17) is 4.98 Å². The van der Waals surface area contributed by atoms with Crippen LogP contribution in [0.3, 0.4) is 0 Å². The highest BCUT2D eigenvalue weighted by molar-refractivity contribution is 5.95. The summed E-state index contributed by atoms with van der Waals surface area (Å²) in [7, 11) is 0. The van der Waals surface area contributed by atoms with Gasteiger partial charge in [-0.15, -0.1) is 0 Å². The number of likely N-dealkylation sites (tertiary alicyclic amines) is 2. The van der Waals surface area contributed by atoms with E-state index < -0.39 is 0 Å². The van der Waals surface area contributed by atoms with E-state index in [0.717, 1.165) is 68.8 Å². The molecule has 27 heavy (non-hydrogen) atoms. The van der Waals surface area contributed by atoms with Crippen molar-refractivity contribution in [3.05, 3.63) is 29.1 Å². The summed E-state index contributed by atoms with van der Waals surface area (Å²) in [6.45, 7) is 8.35. The molecule has 3 aliphatic heterocycles. The van der Waals surface area contributed by atoms with Gasteiger partial charge >= 0.3 is 0 Å². The Morgan fingerprint density at radius 1 is 1.00 bits per heavy atom. The molecule has 4 rings (SSSR count). The van der Waals surface area contributed by atoms with Crippen LogP contribution < -0.4 is 5.32 Å². The van der Waals surface area contributed by atoms with Crippen LogP contribution >= 0.6 is 0 Å². The molecule has 0 aliphatic carbocycles. The van der Waals surface area contributed by atoms with Gasteiger partial charge in [0.25, 0.3) is 5.91 Å². The summed E-state index contributed by atoms with van der Waals surface area (Å²) in [5, 5.41) is 3.42. The van der Waals surface area contributed by atoms with E-state index in [0.29, 0.717) is 12.0 Å². The van der Waals surface area contributed by atoms with E-state index >= 15 is 0 Å². The quantitative estimate of drug-likeness (QED) is 0.889. The monoisotopic (exact) mass is 370 g/mol. The molecule has 1 aromatic heterocycles. The fourth-order valence-electron chi connectivity index (χ4n) is 5.05. The highest BCUT2D eigenvalue weighted by atomic mass is 16.2. The van der Waals surface area contributed by atoms with Crippen LogP contribution in [0.4, 0.5) is 0 Å². The lowest BCUT2D eigenvalue weighted by molar-refractivity contribution is 0.0587. The van der Waals surface area contributed by atoms with Crippen molar-refractivity contribution in [2.24, 2.45) is 0 Å². The first-order chi connectivity index (χ1) is 13.2. The Hall–Kier alpha value is -1.46. The zero-order chi connectivity index (χ0) is 18.6. The Morgan fingerprint density at radius 2 is 1.70 bits per heavy atom. The van der Waals surface area contributed by atoms with Crippen LogP contribution in [-0.2, 0) is 0 Å². The van der Waals surface area contributed by atoms with Crippen molar-refractivity contribution in [2.75, 3.05) is 39.3 Å².